The maximum absolute atomic E-state index is 2.46. The van der Waals surface area contributed by atoms with E-state index in [-0.39, 0.29) is 0 Å². The van der Waals surface area contributed by atoms with E-state index in [0.29, 0.717) is 0 Å². The molecular weight excluding hydrogens is 156 g/mol. The zero-order chi connectivity index (χ0) is 8.67. The van der Waals surface area contributed by atoms with Crippen LogP contribution in [0.2, 0.25) is 0 Å². The molecular formula is C13H16. The first kappa shape index (κ1) is 7.61. The van der Waals surface area contributed by atoms with Gasteiger partial charge in [0.05, 0.1) is 0 Å². The maximum Gasteiger partial charge on any atom is -0.00444 e. The second kappa shape index (κ2) is 2.87. The predicted octanol–water partition coefficient (Wildman–Crippen LogP) is 3.33. The minimum Gasteiger partial charge on any atom is -0.0851 e. The third-order valence-electron chi connectivity index (χ3n) is 3.82. The molecule has 0 N–H and O–H groups in total. The van der Waals surface area contributed by atoms with E-state index in [0.717, 1.165) is 23.7 Å². The van der Waals surface area contributed by atoms with E-state index in [9.17, 15) is 0 Å². The van der Waals surface area contributed by atoms with E-state index < -0.39 is 0 Å². The fourth-order valence-electron chi connectivity index (χ4n) is 3.15. The number of hydrogen-bond acceptors (Lipinski definition) is 0. The topological polar surface area (TPSA) is 0 Å². The van der Waals surface area contributed by atoms with Crippen LogP contribution in [-0.4, -0.2) is 0 Å². The van der Waals surface area contributed by atoms with E-state index >= 15 is 0 Å². The third kappa shape index (κ3) is 1.29. The molecule has 0 nitrogen and oxygen atoms in total. The van der Waals surface area contributed by atoms with Gasteiger partial charge in [0, 0.05) is 0 Å². The quantitative estimate of drug-likeness (QED) is 0.560. The van der Waals surface area contributed by atoms with Crippen LogP contribution in [0.4, 0.5) is 0 Å². The predicted molar refractivity (Wildman–Crippen MR) is 55.2 cm³/mol. The van der Waals surface area contributed by atoms with Crippen molar-refractivity contribution < 1.29 is 0 Å². The van der Waals surface area contributed by atoms with Gasteiger partial charge in [-0.2, -0.15) is 0 Å². The zero-order valence-electron chi connectivity index (χ0n) is 7.89. The minimum absolute atomic E-state index is 0.748. The van der Waals surface area contributed by atoms with Crippen LogP contribution in [0.3, 0.4) is 0 Å². The molecule has 3 aliphatic carbocycles. The molecule has 1 saturated carbocycles. The van der Waals surface area contributed by atoms with Crippen LogP contribution in [0.15, 0.2) is 36.5 Å². The molecule has 0 spiro atoms. The largest absolute Gasteiger partial charge is 0.0851 e. The number of allylic oxidation sites excluding steroid dienone is 6. The highest BCUT2D eigenvalue weighted by Crippen LogP contribution is 2.46. The molecule has 0 amide bonds. The van der Waals surface area contributed by atoms with Crippen LogP contribution in [-0.2, 0) is 0 Å². The number of fused-ring (bicyclic) bond motifs is 2. The van der Waals surface area contributed by atoms with Gasteiger partial charge in [-0.3, -0.25) is 0 Å². The molecule has 1 fully saturated rings. The Labute approximate surface area is 80.0 Å². The molecule has 0 aromatic rings. The Morgan fingerprint density at radius 3 is 2.38 bits per heavy atom. The molecule has 0 heterocycles. The Hall–Kier alpha value is -0.780. The highest BCUT2D eigenvalue weighted by molar-refractivity contribution is 5.19. The van der Waals surface area contributed by atoms with Gasteiger partial charge in [-0.15, -0.1) is 0 Å². The summed E-state index contributed by atoms with van der Waals surface area (Å²) in [7, 11) is 0. The Balaban J connectivity index is 1.65. The van der Waals surface area contributed by atoms with Crippen molar-refractivity contribution in [1.82, 2.24) is 0 Å². The first-order valence-corrected chi connectivity index (χ1v) is 5.45. The van der Waals surface area contributed by atoms with Crippen LogP contribution in [0, 0.1) is 23.7 Å². The van der Waals surface area contributed by atoms with Crippen molar-refractivity contribution in [2.45, 2.75) is 19.3 Å². The lowest BCUT2D eigenvalue weighted by Crippen LogP contribution is -2.10. The molecule has 0 heteroatoms. The van der Waals surface area contributed by atoms with Crippen molar-refractivity contribution in [2.24, 2.45) is 23.7 Å². The maximum atomic E-state index is 2.46. The molecule has 3 unspecified atom stereocenters. The van der Waals surface area contributed by atoms with Crippen LogP contribution < -0.4 is 0 Å². The standard InChI is InChI=1S/C13H16/c1-2-4-10(3-1)7-13-9-11-5-6-12(13)8-11/h1-6,10-13H,7-9H2. The second-order valence-electron chi connectivity index (χ2n) is 4.71. The SMILES string of the molecule is C1=CC(CC2CC3C=CC2C3)C=C1. The van der Waals surface area contributed by atoms with Crippen molar-refractivity contribution >= 4 is 0 Å². The summed E-state index contributed by atoms with van der Waals surface area (Å²) in [4.78, 5) is 0. The molecule has 0 aromatic carbocycles. The van der Waals surface area contributed by atoms with Gasteiger partial charge < -0.3 is 0 Å². The van der Waals surface area contributed by atoms with E-state index in [1.165, 1.54) is 19.3 Å². The summed E-state index contributed by atoms with van der Waals surface area (Å²) < 4.78 is 0. The molecule has 0 aromatic heterocycles. The van der Waals surface area contributed by atoms with Crippen LogP contribution in [0.1, 0.15) is 19.3 Å². The van der Waals surface area contributed by atoms with Crippen LogP contribution in [0.25, 0.3) is 0 Å². The van der Waals surface area contributed by atoms with E-state index in [2.05, 4.69) is 36.5 Å². The summed E-state index contributed by atoms with van der Waals surface area (Å²) in [6, 6.07) is 0. The van der Waals surface area contributed by atoms with E-state index in [1.807, 2.05) is 0 Å². The van der Waals surface area contributed by atoms with Gasteiger partial charge >= 0.3 is 0 Å². The van der Waals surface area contributed by atoms with Crippen molar-refractivity contribution in [1.29, 1.82) is 0 Å². The molecule has 3 rings (SSSR count). The summed E-state index contributed by atoms with van der Waals surface area (Å²) in [5.74, 6) is 3.59. The van der Waals surface area contributed by atoms with Gasteiger partial charge in [-0.25, -0.2) is 0 Å². The molecule has 0 aliphatic heterocycles. The van der Waals surface area contributed by atoms with Crippen molar-refractivity contribution in [3.05, 3.63) is 36.5 Å². The van der Waals surface area contributed by atoms with Crippen molar-refractivity contribution in [2.75, 3.05) is 0 Å². The van der Waals surface area contributed by atoms with Gasteiger partial charge in [0.2, 0.25) is 0 Å². The van der Waals surface area contributed by atoms with Crippen LogP contribution in [0.5, 0.6) is 0 Å². The smallest absolute Gasteiger partial charge is 0.00444 e. The Morgan fingerprint density at radius 2 is 1.77 bits per heavy atom. The molecule has 0 saturated heterocycles. The molecule has 0 radical (unpaired) electrons. The van der Waals surface area contributed by atoms with E-state index in [1.54, 1.807) is 0 Å². The fourth-order valence-corrected chi connectivity index (χ4v) is 3.15. The monoisotopic (exact) mass is 172 g/mol. The Morgan fingerprint density at radius 1 is 0.923 bits per heavy atom. The fraction of sp³-hybridized carbons (Fsp3) is 0.538. The summed E-state index contributed by atoms with van der Waals surface area (Å²) in [6.07, 6.45) is 18.2. The molecule has 68 valence electrons. The minimum atomic E-state index is 0.748. The first-order valence-electron chi connectivity index (χ1n) is 5.45. The van der Waals surface area contributed by atoms with Crippen LogP contribution >= 0.6 is 0 Å². The molecule has 2 bridgehead atoms. The highest BCUT2D eigenvalue weighted by Gasteiger charge is 2.35. The zero-order valence-corrected chi connectivity index (χ0v) is 7.89. The summed E-state index contributed by atoms with van der Waals surface area (Å²) in [6.45, 7) is 0. The lowest BCUT2D eigenvalue weighted by molar-refractivity contribution is 0.391. The number of rotatable bonds is 2. The van der Waals surface area contributed by atoms with Gasteiger partial charge in [0.15, 0.2) is 0 Å². The summed E-state index contributed by atoms with van der Waals surface area (Å²) in [5, 5.41) is 0. The van der Waals surface area contributed by atoms with Gasteiger partial charge in [-0.1, -0.05) is 36.5 Å². The van der Waals surface area contributed by atoms with Gasteiger partial charge in [0.25, 0.3) is 0 Å². The van der Waals surface area contributed by atoms with Crippen molar-refractivity contribution in [3.8, 4) is 0 Å². The first-order chi connectivity index (χ1) is 6.42. The normalized spacial score (nSPS) is 41.1. The summed E-state index contributed by atoms with van der Waals surface area (Å²) in [5.41, 5.74) is 0. The molecule has 3 atom stereocenters. The average molecular weight is 172 g/mol. The average Bonchev–Trinajstić information content (AvgIpc) is 2.77. The lowest BCUT2D eigenvalue weighted by Gasteiger charge is -2.19. The highest BCUT2D eigenvalue weighted by atomic mass is 14.4. The summed E-state index contributed by atoms with van der Waals surface area (Å²) >= 11 is 0. The Kier molecular flexibility index (Phi) is 1.68. The molecule has 13 heavy (non-hydrogen) atoms. The Bertz CT molecular complexity index is 270. The number of hydrogen-bond donors (Lipinski definition) is 0. The van der Waals surface area contributed by atoms with Gasteiger partial charge in [-0.05, 0) is 42.9 Å². The van der Waals surface area contributed by atoms with Gasteiger partial charge in [0.1, 0.15) is 0 Å². The third-order valence-corrected chi connectivity index (χ3v) is 3.82. The lowest BCUT2D eigenvalue weighted by atomic mass is 9.85. The van der Waals surface area contributed by atoms with E-state index in [4.69, 9.17) is 0 Å². The second-order valence-corrected chi connectivity index (χ2v) is 4.71. The van der Waals surface area contributed by atoms with Crippen molar-refractivity contribution in [3.63, 3.8) is 0 Å². The molecule has 3 aliphatic rings.